The Hall–Kier alpha value is -1.69. The number of carbonyl (C=O) groups is 1. The van der Waals surface area contributed by atoms with Gasteiger partial charge in [0.15, 0.2) is 0 Å². The molecule has 0 atom stereocenters. The van der Waals surface area contributed by atoms with Crippen LogP contribution in [-0.4, -0.2) is 39.3 Å². The fourth-order valence-electron chi connectivity index (χ4n) is 1.04. The second kappa shape index (κ2) is 5.26. The van der Waals surface area contributed by atoms with E-state index in [0.717, 1.165) is 0 Å². The van der Waals surface area contributed by atoms with Crippen LogP contribution in [0.15, 0.2) is 6.20 Å². The van der Waals surface area contributed by atoms with Crippen LogP contribution >= 0.6 is 0 Å². The highest BCUT2D eigenvalue weighted by Gasteiger charge is 2.09. The highest BCUT2D eigenvalue weighted by molar-refractivity contribution is 5.88. The number of aromatic nitrogens is 2. The van der Waals surface area contributed by atoms with E-state index >= 15 is 0 Å². The zero-order valence-corrected chi connectivity index (χ0v) is 8.40. The molecule has 1 aromatic heterocycles. The Morgan fingerprint density at radius 3 is 2.87 bits per heavy atom. The van der Waals surface area contributed by atoms with Gasteiger partial charge in [-0.2, -0.15) is 0 Å². The molecule has 0 saturated carbocycles. The van der Waals surface area contributed by atoms with Crippen LogP contribution in [0, 0.1) is 6.92 Å². The van der Waals surface area contributed by atoms with Gasteiger partial charge in [0.1, 0.15) is 0 Å². The number of nitrogens with zero attached hydrogens (tertiary/aromatic N) is 2. The molecule has 0 saturated heterocycles. The average molecular weight is 211 g/mol. The molecule has 0 amide bonds. The number of hydrogen-bond donors (Lipinski definition) is 3. The van der Waals surface area contributed by atoms with E-state index in [2.05, 4.69) is 15.3 Å². The zero-order chi connectivity index (χ0) is 11.3. The number of aromatic carboxylic acids is 1. The Kier molecular flexibility index (Phi) is 3.99. The van der Waals surface area contributed by atoms with Crippen LogP contribution in [-0.2, 0) is 0 Å². The van der Waals surface area contributed by atoms with Gasteiger partial charge in [-0.05, 0) is 13.3 Å². The van der Waals surface area contributed by atoms with Crippen molar-refractivity contribution < 1.29 is 15.0 Å². The molecule has 0 radical (unpaired) electrons. The van der Waals surface area contributed by atoms with Crippen LogP contribution in [0.2, 0.25) is 0 Å². The van der Waals surface area contributed by atoms with E-state index in [4.69, 9.17) is 10.2 Å². The van der Waals surface area contributed by atoms with E-state index in [1.807, 2.05) is 0 Å². The SMILES string of the molecule is Cc1nc(NCCCO)ncc1C(=O)O. The Morgan fingerprint density at radius 2 is 2.33 bits per heavy atom. The van der Waals surface area contributed by atoms with Crippen molar-refractivity contribution in [3.63, 3.8) is 0 Å². The lowest BCUT2D eigenvalue weighted by Gasteiger charge is -2.05. The molecule has 1 aromatic rings. The van der Waals surface area contributed by atoms with E-state index in [1.54, 1.807) is 6.92 Å². The van der Waals surface area contributed by atoms with Crippen LogP contribution in [0.1, 0.15) is 22.5 Å². The van der Waals surface area contributed by atoms with E-state index in [9.17, 15) is 4.79 Å². The Labute approximate surface area is 87.0 Å². The van der Waals surface area contributed by atoms with E-state index in [0.29, 0.717) is 24.6 Å². The maximum Gasteiger partial charge on any atom is 0.339 e. The van der Waals surface area contributed by atoms with Crippen LogP contribution in [0.4, 0.5) is 5.95 Å². The summed E-state index contributed by atoms with van der Waals surface area (Å²) in [5, 5.41) is 20.2. The lowest BCUT2D eigenvalue weighted by molar-refractivity contribution is 0.0695. The molecule has 3 N–H and O–H groups in total. The number of aliphatic hydroxyl groups excluding tert-OH is 1. The predicted octanol–water partition coefficient (Wildman–Crippen LogP) is 0.278. The first-order chi connectivity index (χ1) is 7.15. The van der Waals surface area contributed by atoms with Crippen LogP contribution in [0.5, 0.6) is 0 Å². The molecular formula is C9H13N3O3. The number of carboxylic acid groups (broad SMARTS) is 1. The summed E-state index contributed by atoms with van der Waals surface area (Å²) < 4.78 is 0. The van der Waals surface area contributed by atoms with Gasteiger partial charge >= 0.3 is 5.97 Å². The minimum absolute atomic E-state index is 0.0964. The molecule has 0 aliphatic carbocycles. The third kappa shape index (κ3) is 3.17. The fraction of sp³-hybridized carbons (Fsp3) is 0.444. The van der Waals surface area contributed by atoms with Crippen molar-refractivity contribution in [3.05, 3.63) is 17.5 Å². The molecule has 15 heavy (non-hydrogen) atoms. The first kappa shape index (κ1) is 11.4. The van der Waals surface area contributed by atoms with Gasteiger partial charge in [0.25, 0.3) is 0 Å². The number of nitrogens with one attached hydrogen (secondary N) is 1. The van der Waals surface area contributed by atoms with E-state index < -0.39 is 5.97 Å². The molecule has 0 unspecified atom stereocenters. The van der Waals surface area contributed by atoms with Crippen molar-refractivity contribution in [1.29, 1.82) is 0 Å². The molecular weight excluding hydrogens is 198 g/mol. The second-order valence-electron chi connectivity index (χ2n) is 3.00. The van der Waals surface area contributed by atoms with Gasteiger partial charge in [-0.3, -0.25) is 0 Å². The smallest absolute Gasteiger partial charge is 0.339 e. The maximum atomic E-state index is 10.7. The summed E-state index contributed by atoms with van der Waals surface area (Å²) in [6.07, 6.45) is 1.87. The fourth-order valence-corrected chi connectivity index (χ4v) is 1.04. The van der Waals surface area contributed by atoms with Gasteiger partial charge in [0, 0.05) is 19.3 Å². The Bertz CT molecular complexity index is 354. The monoisotopic (exact) mass is 211 g/mol. The van der Waals surface area contributed by atoms with Gasteiger partial charge in [-0.25, -0.2) is 14.8 Å². The van der Waals surface area contributed by atoms with Crippen LogP contribution in [0.25, 0.3) is 0 Å². The number of hydrogen-bond acceptors (Lipinski definition) is 5. The van der Waals surface area contributed by atoms with Gasteiger partial charge in [0.05, 0.1) is 11.3 Å². The molecule has 6 nitrogen and oxygen atoms in total. The van der Waals surface area contributed by atoms with Gasteiger partial charge in [-0.1, -0.05) is 0 Å². The molecule has 82 valence electrons. The topological polar surface area (TPSA) is 95.3 Å². The lowest BCUT2D eigenvalue weighted by atomic mass is 10.2. The van der Waals surface area contributed by atoms with E-state index in [1.165, 1.54) is 6.20 Å². The highest BCUT2D eigenvalue weighted by Crippen LogP contribution is 2.06. The van der Waals surface area contributed by atoms with E-state index in [-0.39, 0.29) is 12.2 Å². The Balaban J connectivity index is 2.69. The van der Waals surface area contributed by atoms with Gasteiger partial charge < -0.3 is 15.5 Å². The van der Waals surface area contributed by atoms with Crippen LogP contribution in [0.3, 0.4) is 0 Å². The quantitative estimate of drug-likeness (QED) is 0.605. The third-order valence-corrected chi connectivity index (χ3v) is 1.83. The molecule has 1 rings (SSSR count). The summed E-state index contributed by atoms with van der Waals surface area (Å²) in [6.45, 7) is 2.27. The molecule has 1 heterocycles. The molecule has 0 aliphatic rings. The number of carboxylic acids is 1. The normalized spacial score (nSPS) is 10.0. The maximum absolute atomic E-state index is 10.7. The average Bonchev–Trinajstić information content (AvgIpc) is 2.17. The summed E-state index contributed by atoms with van der Waals surface area (Å²) in [5.41, 5.74) is 0.520. The second-order valence-corrected chi connectivity index (χ2v) is 3.00. The zero-order valence-electron chi connectivity index (χ0n) is 8.40. The molecule has 6 heteroatoms. The first-order valence-electron chi connectivity index (χ1n) is 4.57. The summed E-state index contributed by atoms with van der Waals surface area (Å²) in [6, 6.07) is 0. The Morgan fingerprint density at radius 1 is 1.60 bits per heavy atom. The summed E-state index contributed by atoms with van der Waals surface area (Å²) >= 11 is 0. The minimum Gasteiger partial charge on any atom is -0.478 e. The molecule has 0 bridgehead atoms. The predicted molar refractivity (Wildman–Crippen MR) is 53.9 cm³/mol. The van der Waals surface area contributed by atoms with Crippen molar-refractivity contribution in [2.75, 3.05) is 18.5 Å². The van der Waals surface area contributed by atoms with Gasteiger partial charge in [0.2, 0.25) is 5.95 Å². The third-order valence-electron chi connectivity index (χ3n) is 1.83. The highest BCUT2D eigenvalue weighted by atomic mass is 16.4. The first-order valence-corrected chi connectivity index (χ1v) is 4.57. The van der Waals surface area contributed by atoms with Crippen molar-refractivity contribution in [2.45, 2.75) is 13.3 Å². The van der Waals surface area contributed by atoms with Crippen molar-refractivity contribution in [3.8, 4) is 0 Å². The molecule has 0 aliphatic heterocycles. The number of anilines is 1. The molecule has 0 fully saturated rings. The molecule has 0 spiro atoms. The molecule has 0 aromatic carbocycles. The standard InChI is InChI=1S/C9H13N3O3/c1-6-7(8(14)15)5-11-9(12-6)10-3-2-4-13/h5,13H,2-4H2,1H3,(H,14,15)(H,10,11,12). The summed E-state index contributed by atoms with van der Waals surface area (Å²) in [4.78, 5) is 18.5. The minimum atomic E-state index is -1.03. The van der Waals surface area contributed by atoms with Crippen molar-refractivity contribution in [2.24, 2.45) is 0 Å². The summed E-state index contributed by atoms with van der Waals surface area (Å²) in [5.74, 6) is -0.652. The van der Waals surface area contributed by atoms with Gasteiger partial charge in [-0.15, -0.1) is 0 Å². The van der Waals surface area contributed by atoms with Crippen molar-refractivity contribution in [1.82, 2.24) is 9.97 Å². The lowest BCUT2D eigenvalue weighted by Crippen LogP contribution is -2.10. The number of aryl methyl sites for hydroxylation is 1. The van der Waals surface area contributed by atoms with Crippen molar-refractivity contribution >= 4 is 11.9 Å². The largest absolute Gasteiger partial charge is 0.478 e. The number of rotatable bonds is 5. The summed E-state index contributed by atoms with van der Waals surface area (Å²) in [7, 11) is 0. The number of aliphatic hydroxyl groups is 1. The van der Waals surface area contributed by atoms with Crippen LogP contribution < -0.4 is 5.32 Å².